The molecule has 0 bridgehead atoms. The summed E-state index contributed by atoms with van der Waals surface area (Å²) in [6.07, 6.45) is 8.12. The van der Waals surface area contributed by atoms with E-state index in [1.807, 2.05) is 4.68 Å². The van der Waals surface area contributed by atoms with Crippen molar-refractivity contribution in [3.8, 4) is 0 Å². The smallest absolute Gasteiger partial charge is 0.0644 e. The number of aliphatic hydroxyl groups is 1. The zero-order chi connectivity index (χ0) is 13.7. The van der Waals surface area contributed by atoms with Crippen molar-refractivity contribution in [2.24, 2.45) is 0 Å². The van der Waals surface area contributed by atoms with Gasteiger partial charge in [-0.2, -0.15) is 5.10 Å². The number of aliphatic hydroxyl groups excluding tert-OH is 1. The molecule has 19 heavy (non-hydrogen) atoms. The van der Waals surface area contributed by atoms with Gasteiger partial charge >= 0.3 is 0 Å². The number of aromatic nitrogens is 2. The van der Waals surface area contributed by atoms with Crippen molar-refractivity contribution in [3.05, 3.63) is 17.0 Å². The van der Waals surface area contributed by atoms with Crippen LogP contribution in [0.4, 0.5) is 0 Å². The van der Waals surface area contributed by atoms with Gasteiger partial charge in [0.1, 0.15) is 0 Å². The molecule has 1 saturated carbocycles. The highest BCUT2D eigenvalue weighted by molar-refractivity contribution is 5.24. The standard InChI is InChI=1S/C15H27N3O/c1-12-15(13(2)18(17-12)9-10-19)11-16-14-7-5-3-4-6-8-14/h14,16,19H,3-11H2,1-2H3. The molecule has 0 aliphatic heterocycles. The predicted molar refractivity (Wildman–Crippen MR) is 77.1 cm³/mol. The molecule has 0 spiro atoms. The average Bonchev–Trinajstić information content (AvgIpc) is 2.62. The summed E-state index contributed by atoms with van der Waals surface area (Å²) in [7, 11) is 0. The zero-order valence-corrected chi connectivity index (χ0v) is 12.3. The Morgan fingerprint density at radius 1 is 1.21 bits per heavy atom. The summed E-state index contributed by atoms with van der Waals surface area (Å²) in [5.41, 5.74) is 3.58. The predicted octanol–water partition coefficient (Wildman–Crippen LogP) is 2.30. The summed E-state index contributed by atoms with van der Waals surface area (Å²) in [5, 5.41) is 17.2. The molecule has 0 radical (unpaired) electrons. The van der Waals surface area contributed by atoms with Crippen LogP contribution in [-0.2, 0) is 13.1 Å². The van der Waals surface area contributed by atoms with Crippen LogP contribution in [0, 0.1) is 13.8 Å². The lowest BCUT2D eigenvalue weighted by Crippen LogP contribution is -2.28. The van der Waals surface area contributed by atoms with E-state index in [0.717, 1.165) is 12.2 Å². The van der Waals surface area contributed by atoms with Gasteiger partial charge in [-0.05, 0) is 26.7 Å². The Morgan fingerprint density at radius 3 is 2.53 bits per heavy atom. The summed E-state index contributed by atoms with van der Waals surface area (Å²) in [4.78, 5) is 0. The van der Waals surface area contributed by atoms with Crippen molar-refractivity contribution in [2.45, 2.75) is 71.5 Å². The molecule has 1 fully saturated rings. The first-order valence-corrected chi connectivity index (χ1v) is 7.59. The van der Waals surface area contributed by atoms with Crippen LogP contribution in [-0.4, -0.2) is 27.5 Å². The highest BCUT2D eigenvalue weighted by Crippen LogP contribution is 2.19. The summed E-state index contributed by atoms with van der Waals surface area (Å²) in [5.74, 6) is 0. The Labute approximate surface area is 116 Å². The third-order valence-corrected chi connectivity index (χ3v) is 4.27. The van der Waals surface area contributed by atoms with Crippen LogP contribution in [0.5, 0.6) is 0 Å². The molecule has 1 aliphatic carbocycles. The fourth-order valence-corrected chi connectivity index (χ4v) is 3.03. The third-order valence-electron chi connectivity index (χ3n) is 4.27. The van der Waals surface area contributed by atoms with E-state index in [4.69, 9.17) is 5.11 Å². The second kappa shape index (κ2) is 7.06. The van der Waals surface area contributed by atoms with Crippen molar-refractivity contribution in [1.29, 1.82) is 0 Å². The largest absolute Gasteiger partial charge is 0.394 e. The Hall–Kier alpha value is -0.870. The van der Waals surface area contributed by atoms with Gasteiger partial charge in [0, 0.05) is 23.8 Å². The topological polar surface area (TPSA) is 50.1 Å². The number of aryl methyl sites for hydroxylation is 1. The number of hydrogen-bond acceptors (Lipinski definition) is 3. The molecule has 1 heterocycles. The lowest BCUT2D eigenvalue weighted by atomic mass is 10.1. The molecule has 1 aromatic heterocycles. The van der Waals surface area contributed by atoms with Gasteiger partial charge in [0.25, 0.3) is 0 Å². The Kier molecular flexibility index (Phi) is 5.40. The maximum atomic E-state index is 9.03. The first-order valence-electron chi connectivity index (χ1n) is 7.59. The van der Waals surface area contributed by atoms with Crippen LogP contribution in [0.15, 0.2) is 0 Å². The van der Waals surface area contributed by atoms with E-state index in [1.165, 1.54) is 49.8 Å². The Bertz CT molecular complexity index is 392. The highest BCUT2D eigenvalue weighted by atomic mass is 16.3. The fourth-order valence-electron chi connectivity index (χ4n) is 3.03. The molecular weight excluding hydrogens is 238 g/mol. The van der Waals surface area contributed by atoms with E-state index in [0.29, 0.717) is 12.6 Å². The summed E-state index contributed by atoms with van der Waals surface area (Å²) < 4.78 is 1.92. The van der Waals surface area contributed by atoms with Crippen LogP contribution in [0.1, 0.15) is 55.5 Å². The molecule has 2 N–H and O–H groups in total. The Morgan fingerprint density at radius 2 is 1.89 bits per heavy atom. The lowest BCUT2D eigenvalue weighted by molar-refractivity contribution is 0.267. The van der Waals surface area contributed by atoms with Crippen LogP contribution in [0.2, 0.25) is 0 Å². The second-order valence-corrected chi connectivity index (χ2v) is 5.67. The molecule has 4 nitrogen and oxygen atoms in total. The summed E-state index contributed by atoms with van der Waals surface area (Å²) in [6, 6.07) is 0.669. The minimum absolute atomic E-state index is 0.150. The van der Waals surface area contributed by atoms with E-state index in [-0.39, 0.29) is 6.61 Å². The monoisotopic (exact) mass is 265 g/mol. The lowest BCUT2D eigenvalue weighted by Gasteiger charge is -2.16. The van der Waals surface area contributed by atoms with Crippen molar-refractivity contribution in [2.75, 3.05) is 6.61 Å². The van der Waals surface area contributed by atoms with Crippen LogP contribution >= 0.6 is 0 Å². The third kappa shape index (κ3) is 3.80. The van der Waals surface area contributed by atoms with Gasteiger partial charge in [-0.25, -0.2) is 0 Å². The first kappa shape index (κ1) is 14.5. The number of rotatable bonds is 5. The SMILES string of the molecule is Cc1nn(CCO)c(C)c1CNC1CCCCCC1. The van der Waals surface area contributed by atoms with E-state index in [9.17, 15) is 0 Å². The number of hydrogen-bond donors (Lipinski definition) is 2. The van der Waals surface area contributed by atoms with Crippen molar-refractivity contribution < 1.29 is 5.11 Å². The highest BCUT2D eigenvalue weighted by Gasteiger charge is 2.15. The maximum Gasteiger partial charge on any atom is 0.0644 e. The van der Waals surface area contributed by atoms with Crippen LogP contribution in [0.3, 0.4) is 0 Å². The molecule has 0 aromatic carbocycles. The molecule has 0 unspecified atom stereocenters. The molecule has 0 atom stereocenters. The summed E-state index contributed by atoms with van der Waals surface area (Å²) in [6.45, 7) is 5.81. The zero-order valence-electron chi connectivity index (χ0n) is 12.3. The van der Waals surface area contributed by atoms with Gasteiger partial charge in [0.15, 0.2) is 0 Å². The summed E-state index contributed by atoms with van der Waals surface area (Å²) >= 11 is 0. The Balaban J connectivity index is 1.94. The molecule has 2 rings (SSSR count). The fraction of sp³-hybridized carbons (Fsp3) is 0.800. The molecule has 1 aliphatic rings. The van der Waals surface area contributed by atoms with E-state index in [2.05, 4.69) is 24.3 Å². The van der Waals surface area contributed by atoms with Crippen molar-refractivity contribution in [3.63, 3.8) is 0 Å². The number of nitrogens with one attached hydrogen (secondary N) is 1. The average molecular weight is 265 g/mol. The normalized spacial score (nSPS) is 17.6. The van der Waals surface area contributed by atoms with Crippen LogP contribution in [0.25, 0.3) is 0 Å². The second-order valence-electron chi connectivity index (χ2n) is 5.67. The molecule has 0 saturated heterocycles. The molecule has 1 aromatic rings. The first-order chi connectivity index (χ1) is 9.22. The minimum Gasteiger partial charge on any atom is -0.394 e. The minimum atomic E-state index is 0.150. The van der Waals surface area contributed by atoms with Crippen molar-refractivity contribution >= 4 is 0 Å². The van der Waals surface area contributed by atoms with Gasteiger partial charge in [0.05, 0.1) is 18.8 Å². The molecular formula is C15H27N3O. The van der Waals surface area contributed by atoms with Crippen molar-refractivity contribution in [1.82, 2.24) is 15.1 Å². The number of nitrogens with zero attached hydrogens (tertiary/aromatic N) is 2. The van der Waals surface area contributed by atoms with Gasteiger partial charge in [-0.1, -0.05) is 25.7 Å². The molecule has 4 heteroatoms. The molecule has 108 valence electrons. The molecule has 0 amide bonds. The van der Waals surface area contributed by atoms with Gasteiger partial charge in [-0.15, -0.1) is 0 Å². The van der Waals surface area contributed by atoms with Gasteiger partial charge < -0.3 is 10.4 Å². The van der Waals surface area contributed by atoms with Gasteiger partial charge in [-0.3, -0.25) is 4.68 Å². The van der Waals surface area contributed by atoms with Gasteiger partial charge in [0.2, 0.25) is 0 Å². The van der Waals surface area contributed by atoms with E-state index >= 15 is 0 Å². The van der Waals surface area contributed by atoms with E-state index < -0.39 is 0 Å². The van der Waals surface area contributed by atoms with Crippen LogP contribution < -0.4 is 5.32 Å². The van der Waals surface area contributed by atoms with E-state index in [1.54, 1.807) is 0 Å². The maximum absolute atomic E-state index is 9.03. The quantitative estimate of drug-likeness (QED) is 0.803.